The van der Waals surface area contributed by atoms with Gasteiger partial charge in [-0.3, -0.25) is 9.59 Å². The van der Waals surface area contributed by atoms with Crippen LogP contribution in [0.5, 0.6) is 5.75 Å². The first kappa shape index (κ1) is 14.3. The lowest BCUT2D eigenvalue weighted by molar-refractivity contribution is 0.0600. The molecule has 6 nitrogen and oxygen atoms in total. The van der Waals surface area contributed by atoms with Crippen LogP contribution in [0.1, 0.15) is 20.7 Å². The second kappa shape index (κ2) is 5.46. The smallest absolute Gasteiger partial charge is 0.337 e. The molecule has 0 saturated heterocycles. The number of aromatic hydroxyl groups is 1. The second-order valence-corrected chi connectivity index (χ2v) is 4.55. The van der Waals surface area contributed by atoms with Crippen LogP contribution in [-0.2, 0) is 4.74 Å². The van der Waals surface area contributed by atoms with Gasteiger partial charge in [0.15, 0.2) is 5.78 Å². The normalized spacial score (nSPS) is 10.5. The van der Waals surface area contributed by atoms with E-state index >= 15 is 0 Å². The van der Waals surface area contributed by atoms with Crippen molar-refractivity contribution in [1.29, 1.82) is 0 Å². The fourth-order valence-corrected chi connectivity index (χ4v) is 2.13. The summed E-state index contributed by atoms with van der Waals surface area (Å²) in [4.78, 5) is 37.3. The predicted molar refractivity (Wildman–Crippen MR) is 75.7 cm³/mol. The Balaban J connectivity index is 2.73. The molecule has 0 fully saturated rings. The van der Waals surface area contributed by atoms with Gasteiger partial charge in [0, 0.05) is 5.39 Å². The van der Waals surface area contributed by atoms with Crippen molar-refractivity contribution in [1.82, 2.24) is 4.98 Å². The lowest BCUT2D eigenvalue weighted by Crippen LogP contribution is -2.19. The summed E-state index contributed by atoms with van der Waals surface area (Å²) in [5.74, 6) is -1.49. The number of ether oxygens (including phenoxy) is 1. The summed E-state index contributed by atoms with van der Waals surface area (Å²) in [5.41, 5.74) is -0.530. The number of aromatic nitrogens is 1. The Kier molecular flexibility index (Phi) is 3.89. The Morgan fingerprint density at radius 3 is 2.70 bits per heavy atom. The highest BCUT2D eigenvalue weighted by atomic mass is 79.9. The van der Waals surface area contributed by atoms with E-state index < -0.39 is 23.1 Å². The number of methoxy groups -OCH3 is 1. The van der Waals surface area contributed by atoms with Gasteiger partial charge < -0.3 is 14.8 Å². The molecule has 0 radical (unpaired) electrons. The summed E-state index contributed by atoms with van der Waals surface area (Å²) in [6, 6.07) is 4.26. The van der Waals surface area contributed by atoms with Gasteiger partial charge in [0.1, 0.15) is 11.3 Å². The SMILES string of the molecule is COC(=O)c1ccc2c(O)c(C(=O)CBr)c(=O)[nH]c2c1. The lowest BCUT2D eigenvalue weighted by atomic mass is 10.1. The molecule has 0 aliphatic heterocycles. The van der Waals surface area contributed by atoms with Crippen LogP contribution < -0.4 is 5.56 Å². The number of esters is 1. The molecule has 0 aliphatic rings. The third-order valence-electron chi connectivity index (χ3n) is 2.81. The summed E-state index contributed by atoms with van der Waals surface area (Å²) in [6.45, 7) is 0. The van der Waals surface area contributed by atoms with E-state index in [9.17, 15) is 19.5 Å². The Morgan fingerprint density at radius 1 is 1.40 bits per heavy atom. The first-order valence-electron chi connectivity index (χ1n) is 5.56. The van der Waals surface area contributed by atoms with E-state index in [2.05, 4.69) is 25.7 Å². The van der Waals surface area contributed by atoms with Crippen molar-refractivity contribution in [3.63, 3.8) is 0 Å². The minimum absolute atomic E-state index is 0.0740. The van der Waals surface area contributed by atoms with Gasteiger partial charge in [0.2, 0.25) is 0 Å². The van der Waals surface area contributed by atoms with E-state index in [1.165, 1.54) is 25.3 Å². The molecule has 2 N–H and O–H groups in total. The highest BCUT2D eigenvalue weighted by Crippen LogP contribution is 2.26. The molecular formula is C13H10BrNO5. The molecule has 7 heteroatoms. The number of ketones is 1. The Bertz CT molecular complexity index is 765. The third kappa shape index (κ3) is 2.32. The summed E-state index contributed by atoms with van der Waals surface area (Å²) in [6.07, 6.45) is 0. The monoisotopic (exact) mass is 339 g/mol. The van der Waals surface area contributed by atoms with Crippen molar-refractivity contribution < 1.29 is 19.4 Å². The number of pyridine rings is 1. The van der Waals surface area contributed by atoms with Gasteiger partial charge >= 0.3 is 5.97 Å². The molecule has 1 aromatic heterocycles. The number of benzene rings is 1. The van der Waals surface area contributed by atoms with E-state index in [0.29, 0.717) is 0 Å². The van der Waals surface area contributed by atoms with Crippen LogP contribution in [0.2, 0.25) is 0 Å². The van der Waals surface area contributed by atoms with Crippen LogP contribution in [0, 0.1) is 0 Å². The van der Waals surface area contributed by atoms with Gasteiger partial charge in [-0.15, -0.1) is 0 Å². The van der Waals surface area contributed by atoms with Gasteiger partial charge in [-0.1, -0.05) is 15.9 Å². The van der Waals surface area contributed by atoms with Crippen LogP contribution in [0.3, 0.4) is 0 Å². The number of fused-ring (bicyclic) bond motifs is 1. The maximum Gasteiger partial charge on any atom is 0.337 e. The molecule has 2 rings (SSSR count). The van der Waals surface area contributed by atoms with E-state index in [1.54, 1.807) is 0 Å². The Hall–Kier alpha value is -2.15. The molecule has 0 bridgehead atoms. The Labute approximate surface area is 121 Å². The summed E-state index contributed by atoms with van der Waals surface area (Å²) < 4.78 is 4.57. The first-order chi connectivity index (χ1) is 9.49. The molecule has 0 aliphatic carbocycles. The van der Waals surface area contributed by atoms with Crippen LogP contribution >= 0.6 is 15.9 Å². The minimum atomic E-state index is -0.707. The number of rotatable bonds is 3. The van der Waals surface area contributed by atoms with Gasteiger partial charge in [-0.05, 0) is 18.2 Å². The van der Waals surface area contributed by atoms with Crippen molar-refractivity contribution in [3.05, 3.63) is 39.7 Å². The van der Waals surface area contributed by atoms with Gasteiger partial charge in [-0.25, -0.2) is 4.79 Å². The first-order valence-corrected chi connectivity index (χ1v) is 6.68. The molecule has 0 saturated carbocycles. The van der Waals surface area contributed by atoms with E-state index in [0.717, 1.165) is 0 Å². The number of nitrogens with one attached hydrogen (secondary N) is 1. The molecule has 20 heavy (non-hydrogen) atoms. The fourth-order valence-electron chi connectivity index (χ4n) is 1.85. The molecule has 0 spiro atoms. The van der Waals surface area contributed by atoms with Crippen molar-refractivity contribution in [2.75, 3.05) is 12.4 Å². The van der Waals surface area contributed by atoms with Crippen LogP contribution in [0.15, 0.2) is 23.0 Å². The summed E-state index contributed by atoms with van der Waals surface area (Å²) in [5, 5.41) is 10.2. The number of alkyl halides is 1. The largest absolute Gasteiger partial charge is 0.506 e. The number of carbonyl (C=O) groups excluding carboxylic acids is 2. The topological polar surface area (TPSA) is 96.5 Å². The number of halogens is 1. The maximum absolute atomic E-state index is 11.8. The van der Waals surface area contributed by atoms with Gasteiger partial charge in [0.05, 0.1) is 23.5 Å². The highest BCUT2D eigenvalue weighted by molar-refractivity contribution is 9.09. The zero-order chi connectivity index (χ0) is 14.9. The molecule has 1 aromatic carbocycles. The maximum atomic E-state index is 11.8. The van der Waals surface area contributed by atoms with Crippen LogP contribution in [0.4, 0.5) is 0 Å². The summed E-state index contributed by atoms with van der Waals surface area (Å²) in [7, 11) is 1.24. The second-order valence-electron chi connectivity index (χ2n) is 3.99. The van der Waals surface area contributed by atoms with Crippen LogP contribution in [0.25, 0.3) is 10.9 Å². The zero-order valence-electron chi connectivity index (χ0n) is 10.4. The van der Waals surface area contributed by atoms with E-state index in [-0.39, 0.29) is 27.4 Å². The van der Waals surface area contributed by atoms with Crippen molar-refractivity contribution >= 4 is 38.6 Å². The van der Waals surface area contributed by atoms with Crippen molar-refractivity contribution in [2.24, 2.45) is 0 Å². The standard InChI is InChI=1S/C13H10BrNO5/c1-20-13(19)6-2-3-7-8(4-6)15-12(18)10(11(7)17)9(16)5-14/h2-4H,5H2,1H3,(H2,15,17,18). The number of hydrogen-bond acceptors (Lipinski definition) is 5. The quantitative estimate of drug-likeness (QED) is 0.503. The van der Waals surface area contributed by atoms with E-state index in [1.807, 2.05) is 0 Å². The highest BCUT2D eigenvalue weighted by Gasteiger charge is 2.18. The average molecular weight is 340 g/mol. The van der Waals surface area contributed by atoms with Gasteiger partial charge in [-0.2, -0.15) is 0 Å². The molecule has 2 aromatic rings. The molecule has 0 atom stereocenters. The number of H-pyrrole nitrogens is 1. The number of hydrogen-bond donors (Lipinski definition) is 2. The zero-order valence-corrected chi connectivity index (χ0v) is 12.0. The Morgan fingerprint density at radius 2 is 2.10 bits per heavy atom. The van der Waals surface area contributed by atoms with Crippen molar-refractivity contribution in [2.45, 2.75) is 0 Å². The summed E-state index contributed by atoms with van der Waals surface area (Å²) >= 11 is 2.95. The van der Waals surface area contributed by atoms with E-state index in [4.69, 9.17) is 0 Å². The fraction of sp³-hybridized carbons (Fsp3) is 0.154. The number of carbonyl (C=O) groups is 2. The lowest BCUT2D eigenvalue weighted by Gasteiger charge is -2.07. The average Bonchev–Trinajstić information content (AvgIpc) is 2.45. The minimum Gasteiger partial charge on any atom is -0.506 e. The predicted octanol–water partition coefficient (Wildman–Crippen LogP) is 1.60. The number of Topliss-reactive ketones (excluding diaryl/α,β-unsaturated/α-hetero) is 1. The third-order valence-corrected chi connectivity index (χ3v) is 3.32. The number of aromatic amines is 1. The molecule has 1 heterocycles. The van der Waals surface area contributed by atoms with Crippen molar-refractivity contribution in [3.8, 4) is 5.75 Å². The molecule has 104 valence electrons. The van der Waals surface area contributed by atoms with Crippen LogP contribution in [-0.4, -0.2) is 34.3 Å². The molecule has 0 unspecified atom stereocenters. The molecule has 0 amide bonds. The van der Waals surface area contributed by atoms with Gasteiger partial charge in [0.25, 0.3) is 5.56 Å². The molecular weight excluding hydrogens is 330 g/mol.